The second-order valence-corrected chi connectivity index (χ2v) is 7.78. The number of aromatic nitrogens is 2. The van der Waals surface area contributed by atoms with Crippen molar-refractivity contribution in [2.24, 2.45) is 0 Å². The fourth-order valence-corrected chi connectivity index (χ4v) is 4.00. The molecule has 1 aliphatic heterocycles. The van der Waals surface area contributed by atoms with Gasteiger partial charge in [0.2, 0.25) is 0 Å². The lowest BCUT2D eigenvalue weighted by Gasteiger charge is -2.33. The molecule has 0 atom stereocenters. The molecule has 0 saturated carbocycles. The number of amides is 1. The van der Waals surface area contributed by atoms with Crippen molar-refractivity contribution in [3.8, 4) is 0 Å². The number of piperazine rings is 1. The molecule has 0 unspecified atom stereocenters. The summed E-state index contributed by atoms with van der Waals surface area (Å²) >= 11 is 3.21. The Hall–Kier alpha value is -1.31. The van der Waals surface area contributed by atoms with Crippen molar-refractivity contribution in [2.75, 3.05) is 26.2 Å². The van der Waals surface area contributed by atoms with E-state index in [2.05, 4.69) is 28.9 Å². The molecule has 3 heterocycles. The predicted molar refractivity (Wildman–Crippen MR) is 89.5 cm³/mol. The highest BCUT2D eigenvalue weighted by Gasteiger charge is 2.23. The fourth-order valence-electron chi connectivity index (χ4n) is 2.42. The van der Waals surface area contributed by atoms with Crippen LogP contribution in [0.3, 0.4) is 0 Å². The Morgan fingerprint density at radius 2 is 2.05 bits per heavy atom. The van der Waals surface area contributed by atoms with Gasteiger partial charge in [0.25, 0.3) is 5.91 Å². The van der Waals surface area contributed by atoms with Gasteiger partial charge in [-0.2, -0.15) is 0 Å². The van der Waals surface area contributed by atoms with E-state index in [1.54, 1.807) is 11.3 Å². The van der Waals surface area contributed by atoms with E-state index in [0.29, 0.717) is 5.92 Å². The zero-order chi connectivity index (χ0) is 15.5. The molecule has 22 heavy (non-hydrogen) atoms. The second kappa shape index (κ2) is 6.85. The van der Waals surface area contributed by atoms with E-state index in [0.717, 1.165) is 47.6 Å². The summed E-state index contributed by atoms with van der Waals surface area (Å²) in [4.78, 5) is 17.4. The Kier molecular flexibility index (Phi) is 4.85. The fraction of sp³-hybridized carbons (Fsp3) is 0.533. The van der Waals surface area contributed by atoms with Crippen LogP contribution in [0.25, 0.3) is 0 Å². The molecule has 2 aromatic heterocycles. The van der Waals surface area contributed by atoms with Crippen LogP contribution in [0.4, 0.5) is 0 Å². The van der Waals surface area contributed by atoms with Gasteiger partial charge in [-0.05, 0) is 11.4 Å². The molecule has 1 fully saturated rings. The summed E-state index contributed by atoms with van der Waals surface area (Å²) in [5, 5.41) is 12.6. The molecule has 0 bridgehead atoms. The second-order valence-electron chi connectivity index (χ2n) is 5.73. The van der Waals surface area contributed by atoms with E-state index < -0.39 is 0 Å². The number of carbonyl (C=O) groups excluding carboxylic acids is 1. The first-order chi connectivity index (χ1) is 10.6. The summed E-state index contributed by atoms with van der Waals surface area (Å²) in [6, 6.07) is 3.82. The maximum Gasteiger partial charge on any atom is 0.264 e. The molecule has 0 N–H and O–H groups in total. The first-order valence-corrected chi connectivity index (χ1v) is 9.20. The quantitative estimate of drug-likeness (QED) is 0.861. The summed E-state index contributed by atoms with van der Waals surface area (Å²) < 4.78 is 0. The zero-order valence-corrected chi connectivity index (χ0v) is 14.5. The lowest BCUT2D eigenvalue weighted by Crippen LogP contribution is -2.48. The van der Waals surface area contributed by atoms with Gasteiger partial charge in [-0.1, -0.05) is 31.3 Å². The maximum absolute atomic E-state index is 12.3. The molecule has 1 saturated heterocycles. The Labute approximate surface area is 138 Å². The highest BCUT2D eigenvalue weighted by Crippen LogP contribution is 2.21. The number of rotatable bonds is 4. The van der Waals surface area contributed by atoms with E-state index in [1.807, 2.05) is 22.4 Å². The molecule has 1 aliphatic rings. The Morgan fingerprint density at radius 1 is 1.27 bits per heavy atom. The smallest absolute Gasteiger partial charge is 0.264 e. The van der Waals surface area contributed by atoms with Gasteiger partial charge in [0, 0.05) is 32.1 Å². The van der Waals surface area contributed by atoms with Crippen LogP contribution in [0.15, 0.2) is 17.5 Å². The lowest BCUT2D eigenvalue weighted by molar-refractivity contribution is 0.0633. The first-order valence-electron chi connectivity index (χ1n) is 7.51. The summed E-state index contributed by atoms with van der Waals surface area (Å²) in [5.41, 5.74) is 0. The van der Waals surface area contributed by atoms with Crippen molar-refractivity contribution in [3.05, 3.63) is 32.4 Å². The van der Waals surface area contributed by atoms with Gasteiger partial charge in [0.1, 0.15) is 10.0 Å². The Balaban J connectivity index is 1.52. The number of thiophene rings is 1. The average Bonchev–Trinajstić information content (AvgIpc) is 3.19. The summed E-state index contributed by atoms with van der Waals surface area (Å²) in [7, 11) is 0. The van der Waals surface area contributed by atoms with Crippen LogP contribution >= 0.6 is 22.7 Å². The van der Waals surface area contributed by atoms with E-state index >= 15 is 0 Å². The third-order valence-electron chi connectivity index (χ3n) is 3.73. The predicted octanol–water partition coefficient (Wildman–Crippen LogP) is 2.68. The molecule has 5 nitrogen and oxygen atoms in total. The third kappa shape index (κ3) is 3.53. The van der Waals surface area contributed by atoms with E-state index in [4.69, 9.17) is 0 Å². The molecular weight excluding hydrogens is 316 g/mol. The highest BCUT2D eigenvalue weighted by atomic mass is 32.1. The van der Waals surface area contributed by atoms with Crippen LogP contribution in [-0.2, 0) is 6.54 Å². The van der Waals surface area contributed by atoms with Crippen LogP contribution in [-0.4, -0.2) is 52.1 Å². The minimum atomic E-state index is 0.160. The molecule has 0 aliphatic carbocycles. The van der Waals surface area contributed by atoms with Crippen LogP contribution < -0.4 is 0 Å². The number of hydrogen-bond donors (Lipinski definition) is 0. The van der Waals surface area contributed by atoms with Crippen molar-refractivity contribution in [2.45, 2.75) is 26.3 Å². The molecule has 0 radical (unpaired) electrons. The minimum absolute atomic E-state index is 0.160. The van der Waals surface area contributed by atoms with Crippen molar-refractivity contribution >= 4 is 28.6 Å². The summed E-state index contributed by atoms with van der Waals surface area (Å²) in [5.74, 6) is 0.596. The summed E-state index contributed by atoms with van der Waals surface area (Å²) in [6.07, 6.45) is 0. The maximum atomic E-state index is 12.3. The van der Waals surface area contributed by atoms with E-state index in [1.165, 1.54) is 11.3 Å². The van der Waals surface area contributed by atoms with Crippen LogP contribution in [0.5, 0.6) is 0 Å². The van der Waals surface area contributed by atoms with Crippen molar-refractivity contribution < 1.29 is 4.79 Å². The molecule has 0 aromatic carbocycles. The van der Waals surface area contributed by atoms with Crippen LogP contribution in [0.2, 0.25) is 0 Å². The number of nitrogens with zero attached hydrogens (tertiary/aromatic N) is 4. The molecular formula is C15H20N4OS2. The molecule has 0 spiro atoms. The van der Waals surface area contributed by atoms with Gasteiger partial charge in [-0.3, -0.25) is 9.69 Å². The molecule has 7 heteroatoms. The molecule has 3 rings (SSSR count). The Morgan fingerprint density at radius 3 is 2.64 bits per heavy atom. The van der Waals surface area contributed by atoms with Gasteiger partial charge in [0.15, 0.2) is 0 Å². The first kappa shape index (κ1) is 15.6. The standard InChI is InChI=1S/C15H20N4OS2/c1-11(2)14-17-16-13(22-14)10-18-5-7-19(8-6-18)15(20)12-4-3-9-21-12/h3-4,9,11H,5-8,10H2,1-2H3. The van der Waals surface area contributed by atoms with Crippen LogP contribution in [0, 0.1) is 0 Å². The van der Waals surface area contributed by atoms with Gasteiger partial charge in [-0.15, -0.1) is 21.5 Å². The van der Waals surface area contributed by atoms with Gasteiger partial charge >= 0.3 is 0 Å². The largest absolute Gasteiger partial charge is 0.335 e. The zero-order valence-electron chi connectivity index (χ0n) is 12.9. The number of hydrogen-bond acceptors (Lipinski definition) is 6. The molecule has 2 aromatic rings. The van der Waals surface area contributed by atoms with E-state index in [-0.39, 0.29) is 5.91 Å². The Bertz CT molecular complexity index is 615. The van der Waals surface area contributed by atoms with Gasteiger partial charge in [-0.25, -0.2) is 0 Å². The van der Waals surface area contributed by atoms with Crippen molar-refractivity contribution in [1.29, 1.82) is 0 Å². The lowest BCUT2D eigenvalue weighted by atomic mass is 10.2. The third-order valence-corrected chi connectivity index (χ3v) is 5.79. The van der Waals surface area contributed by atoms with Crippen LogP contribution in [0.1, 0.15) is 39.5 Å². The topological polar surface area (TPSA) is 49.3 Å². The van der Waals surface area contributed by atoms with E-state index in [9.17, 15) is 4.79 Å². The normalized spacial score (nSPS) is 16.4. The number of carbonyl (C=O) groups is 1. The minimum Gasteiger partial charge on any atom is -0.335 e. The molecule has 118 valence electrons. The van der Waals surface area contributed by atoms with Gasteiger partial charge in [0.05, 0.1) is 11.4 Å². The average molecular weight is 336 g/mol. The van der Waals surface area contributed by atoms with Crippen molar-refractivity contribution in [1.82, 2.24) is 20.0 Å². The molecule has 1 amide bonds. The van der Waals surface area contributed by atoms with Crippen molar-refractivity contribution in [3.63, 3.8) is 0 Å². The highest BCUT2D eigenvalue weighted by molar-refractivity contribution is 7.12. The van der Waals surface area contributed by atoms with Gasteiger partial charge < -0.3 is 4.90 Å². The monoisotopic (exact) mass is 336 g/mol. The summed E-state index contributed by atoms with van der Waals surface area (Å²) in [6.45, 7) is 8.48. The SMILES string of the molecule is CC(C)c1nnc(CN2CCN(C(=O)c3cccs3)CC2)s1.